The van der Waals surface area contributed by atoms with Crippen LogP contribution in [0.25, 0.3) is 5.69 Å². The Bertz CT molecular complexity index is 1860. The second-order valence-corrected chi connectivity index (χ2v) is 18.6. The van der Waals surface area contributed by atoms with Crippen molar-refractivity contribution < 1.29 is 14.0 Å². The summed E-state index contributed by atoms with van der Waals surface area (Å²) in [5, 5.41) is 15.8. The smallest absolute Gasteiger partial charge is 0.341 e. The molecule has 0 amide bonds. The van der Waals surface area contributed by atoms with Gasteiger partial charge in [-0.2, -0.15) is 5.10 Å². The van der Waals surface area contributed by atoms with Crippen LogP contribution in [-0.4, -0.2) is 64.9 Å². The summed E-state index contributed by atoms with van der Waals surface area (Å²) in [5.74, 6) is -0.0625. The summed E-state index contributed by atoms with van der Waals surface area (Å²) in [6.07, 6.45) is 6.61. The highest BCUT2D eigenvalue weighted by Crippen LogP contribution is 2.55. The van der Waals surface area contributed by atoms with Crippen LogP contribution in [0, 0.1) is 0 Å². The summed E-state index contributed by atoms with van der Waals surface area (Å²) in [5.41, 5.74) is 4.36. The molecule has 49 heavy (non-hydrogen) atoms. The van der Waals surface area contributed by atoms with Gasteiger partial charge in [-0.15, -0.1) is 5.10 Å². The van der Waals surface area contributed by atoms with Crippen molar-refractivity contribution in [1.29, 1.82) is 0 Å². The van der Waals surface area contributed by atoms with E-state index in [0.29, 0.717) is 12.2 Å². The van der Waals surface area contributed by atoms with Crippen LogP contribution in [0.1, 0.15) is 80.5 Å². The number of benzene rings is 3. The number of ether oxygens (including phenoxy) is 1. The van der Waals surface area contributed by atoms with Gasteiger partial charge in [0.2, 0.25) is 0 Å². The number of aryl methyl sites for hydroxylation is 1. The van der Waals surface area contributed by atoms with E-state index in [9.17, 15) is 4.79 Å². The van der Waals surface area contributed by atoms with Crippen molar-refractivity contribution >= 4 is 30.3 Å². The van der Waals surface area contributed by atoms with Crippen LogP contribution in [0.2, 0.25) is 5.04 Å². The zero-order valence-corrected chi connectivity index (χ0v) is 30.1. The molecule has 0 spiro atoms. The fourth-order valence-electron chi connectivity index (χ4n) is 7.68. The van der Waals surface area contributed by atoms with Gasteiger partial charge in [-0.1, -0.05) is 92.7 Å². The van der Waals surface area contributed by atoms with Gasteiger partial charge in [-0.3, -0.25) is 4.68 Å². The third-order valence-corrected chi connectivity index (χ3v) is 15.1. The Hall–Kier alpha value is -4.54. The van der Waals surface area contributed by atoms with Crippen LogP contribution in [0.15, 0.2) is 97.3 Å². The third kappa shape index (κ3) is 6.35. The van der Waals surface area contributed by atoms with Crippen molar-refractivity contribution in [2.24, 2.45) is 7.05 Å². The van der Waals surface area contributed by atoms with Crippen LogP contribution < -0.4 is 15.3 Å². The highest BCUT2D eigenvalue weighted by molar-refractivity contribution is 6.99. The second kappa shape index (κ2) is 13.4. The van der Waals surface area contributed by atoms with Gasteiger partial charge in [-0.25, -0.2) is 9.48 Å². The first-order valence-corrected chi connectivity index (χ1v) is 19.4. The van der Waals surface area contributed by atoms with Gasteiger partial charge in [-0.05, 0) is 59.8 Å². The predicted octanol–water partition coefficient (Wildman–Crippen LogP) is 5.99. The van der Waals surface area contributed by atoms with E-state index >= 15 is 0 Å². The first-order valence-electron chi connectivity index (χ1n) is 17.4. The van der Waals surface area contributed by atoms with Gasteiger partial charge in [0, 0.05) is 43.9 Å². The normalized spacial score (nSPS) is 19.5. The summed E-state index contributed by atoms with van der Waals surface area (Å²) in [4.78, 5) is 15.6. The Morgan fingerprint density at radius 2 is 1.63 bits per heavy atom. The number of anilines is 1. The number of esters is 1. The molecule has 9 nitrogen and oxygen atoms in total. The summed E-state index contributed by atoms with van der Waals surface area (Å²) in [6, 6.07) is 30.3. The zero-order chi connectivity index (χ0) is 34.2. The average molecular weight is 675 g/mol. The lowest BCUT2D eigenvalue weighted by Gasteiger charge is -2.47. The number of aromatic nitrogens is 5. The minimum absolute atomic E-state index is 0.0681. The number of carbonyl (C=O) groups is 1. The van der Waals surface area contributed by atoms with Crippen molar-refractivity contribution in [2.45, 2.75) is 69.9 Å². The number of hydrogen-bond donors (Lipinski definition) is 0. The summed E-state index contributed by atoms with van der Waals surface area (Å²) < 4.78 is 16.7. The van der Waals surface area contributed by atoms with Crippen molar-refractivity contribution in [1.82, 2.24) is 24.8 Å². The van der Waals surface area contributed by atoms with Gasteiger partial charge in [0.15, 0.2) is 0 Å². The van der Waals surface area contributed by atoms with E-state index < -0.39 is 8.32 Å². The van der Waals surface area contributed by atoms with E-state index in [1.165, 1.54) is 10.4 Å². The summed E-state index contributed by atoms with van der Waals surface area (Å²) in [6.45, 7) is 10.9. The Balaban J connectivity index is 1.19. The lowest BCUT2D eigenvalue weighted by Crippen LogP contribution is -2.68. The van der Waals surface area contributed by atoms with Crippen LogP contribution in [0.5, 0.6) is 0 Å². The van der Waals surface area contributed by atoms with E-state index in [1.54, 1.807) is 10.9 Å². The van der Waals surface area contributed by atoms with E-state index in [0.717, 1.165) is 55.1 Å². The molecular weight excluding hydrogens is 629 g/mol. The van der Waals surface area contributed by atoms with E-state index in [-0.39, 0.29) is 28.9 Å². The van der Waals surface area contributed by atoms with E-state index in [1.807, 2.05) is 24.9 Å². The molecule has 10 heteroatoms. The molecule has 2 fully saturated rings. The molecule has 254 valence electrons. The first-order chi connectivity index (χ1) is 23.7. The first kappa shape index (κ1) is 33.0. The molecule has 1 aliphatic carbocycles. The Kier molecular flexibility index (Phi) is 9.02. The molecule has 5 aromatic rings. The molecule has 0 N–H and O–H groups in total. The number of carbonyl (C=O) groups excluding carboxylic acids is 1. The van der Waals surface area contributed by atoms with Crippen molar-refractivity contribution in [3.05, 3.63) is 114 Å². The quantitative estimate of drug-likeness (QED) is 0.133. The largest absolute Gasteiger partial charge is 0.462 e. The molecule has 0 bridgehead atoms. The van der Waals surface area contributed by atoms with Crippen LogP contribution >= 0.6 is 0 Å². The van der Waals surface area contributed by atoms with Gasteiger partial charge in [0.1, 0.15) is 5.56 Å². The molecule has 3 aromatic carbocycles. The molecule has 2 aliphatic rings. The molecule has 7 rings (SSSR count). The predicted molar refractivity (Wildman–Crippen MR) is 195 cm³/mol. The second-order valence-electron chi connectivity index (χ2n) is 14.4. The van der Waals surface area contributed by atoms with Crippen LogP contribution in [0.4, 0.5) is 5.69 Å². The van der Waals surface area contributed by atoms with Crippen LogP contribution in [0.3, 0.4) is 0 Å². The summed E-state index contributed by atoms with van der Waals surface area (Å²) in [7, 11) is -0.814. The van der Waals surface area contributed by atoms with Crippen molar-refractivity contribution in [3.63, 3.8) is 0 Å². The maximum Gasteiger partial charge on any atom is 0.341 e. The Morgan fingerprint density at radius 1 is 0.939 bits per heavy atom. The Morgan fingerprint density at radius 3 is 2.27 bits per heavy atom. The minimum atomic E-state index is -2.69. The Labute approximate surface area is 290 Å². The zero-order valence-electron chi connectivity index (χ0n) is 29.1. The molecular formula is C39H46N6O3Si. The lowest BCUT2D eigenvalue weighted by molar-refractivity contribution is 0.0525. The number of piperidine rings is 1. The van der Waals surface area contributed by atoms with Gasteiger partial charge in [0.05, 0.1) is 36.0 Å². The number of nitrogens with zero attached hydrogens (tertiary/aromatic N) is 6. The van der Waals surface area contributed by atoms with Crippen LogP contribution in [-0.2, 0) is 16.2 Å². The minimum Gasteiger partial charge on any atom is -0.462 e. The molecule has 2 aromatic heterocycles. The van der Waals surface area contributed by atoms with Gasteiger partial charge < -0.3 is 14.1 Å². The van der Waals surface area contributed by atoms with E-state index in [4.69, 9.17) is 14.3 Å². The highest BCUT2D eigenvalue weighted by atomic mass is 28.4. The molecule has 1 unspecified atom stereocenters. The summed E-state index contributed by atoms with van der Waals surface area (Å²) >= 11 is 0. The molecule has 1 saturated heterocycles. The standard InChI is InChI=1S/C39H46N6O3Si/c1-6-47-38(46)35-25-40-45(37(35)34-24-33(34)36-27-43(5)42-41-36)29-16-13-15-28(23-29)44-22-14-17-30(26-44)48-49(39(2,3)4,31-18-9-7-10-19-31)32-20-11-8-12-21-32/h7-13,15-16,18-21,23,25,27,30,33-34H,6,14,17,22,24,26H2,1-5H3/t30?,33-,34-/m1/s1. The topological polar surface area (TPSA) is 87.3 Å². The monoisotopic (exact) mass is 674 g/mol. The van der Waals surface area contributed by atoms with E-state index in [2.05, 4.69) is 121 Å². The molecule has 1 saturated carbocycles. The average Bonchev–Trinajstić information content (AvgIpc) is 3.56. The number of rotatable bonds is 10. The molecule has 0 radical (unpaired) electrons. The SMILES string of the molecule is CCOC(=O)c1cnn(-c2cccc(N3CCCC(O[Si](c4ccccc4)(c4ccccc4)C(C)(C)C)C3)c2)c1[C@@H]1C[C@H]1c1cn(C)nn1. The van der Waals surface area contributed by atoms with Gasteiger partial charge in [0.25, 0.3) is 8.32 Å². The molecule has 1 aliphatic heterocycles. The van der Waals surface area contributed by atoms with Crippen molar-refractivity contribution in [2.75, 3.05) is 24.6 Å². The maximum absolute atomic E-state index is 13.1. The number of hydrogen-bond acceptors (Lipinski definition) is 7. The fourth-order valence-corrected chi connectivity index (χ4v) is 12.4. The fraction of sp³-hybridized carbons (Fsp3) is 0.385. The molecule has 3 atom stereocenters. The maximum atomic E-state index is 13.1. The highest BCUT2D eigenvalue weighted by Gasteiger charge is 2.52. The van der Waals surface area contributed by atoms with Gasteiger partial charge >= 0.3 is 5.97 Å². The lowest BCUT2D eigenvalue weighted by atomic mass is 10.1. The molecule has 3 heterocycles. The van der Waals surface area contributed by atoms with Crippen molar-refractivity contribution in [3.8, 4) is 5.69 Å². The third-order valence-electron chi connectivity index (χ3n) is 10.0.